The monoisotopic (exact) mass is 178 g/mol. The lowest BCUT2D eigenvalue weighted by Gasteiger charge is -2.07. The third-order valence-corrected chi connectivity index (χ3v) is 2.31. The van der Waals surface area contributed by atoms with Crippen molar-refractivity contribution in [3.05, 3.63) is 17.6 Å². The van der Waals surface area contributed by atoms with E-state index in [1.165, 1.54) is 17.7 Å². The summed E-state index contributed by atoms with van der Waals surface area (Å²) in [6.07, 6.45) is 5.02. The lowest BCUT2D eigenvalue weighted by Crippen LogP contribution is -2.15. The van der Waals surface area contributed by atoms with Crippen molar-refractivity contribution in [2.45, 2.75) is 19.3 Å². The highest BCUT2D eigenvalue weighted by Gasteiger charge is 2.16. The Bertz CT molecular complexity index is 298. The van der Waals surface area contributed by atoms with Crippen molar-refractivity contribution in [1.82, 2.24) is 9.97 Å². The number of hydrogen-bond donors (Lipinski definition) is 2. The van der Waals surface area contributed by atoms with Crippen LogP contribution in [0.3, 0.4) is 0 Å². The molecule has 2 rings (SSSR count). The van der Waals surface area contributed by atoms with Crippen molar-refractivity contribution >= 4 is 5.82 Å². The van der Waals surface area contributed by atoms with E-state index in [0.717, 1.165) is 25.2 Å². The van der Waals surface area contributed by atoms with E-state index in [-0.39, 0.29) is 0 Å². The number of fused-ring (bicyclic) bond motifs is 1. The second-order valence-electron chi connectivity index (χ2n) is 3.22. The maximum Gasteiger partial charge on any atom is 0.132 e. The molecule has 1 aromatic rings. The molecule has 0 unspecified atom stereocenters. The Morgan fingerprint density at radius 3 is 3.15 bits per heavy atom. The first-order valence-corrected chi connectivity index (χ1v) is 4.68. The van der Waals surface area contributed by atoms with Crippen LogP contribution in [-0.2, 0) is 12.8 Å². The lowest BCUT2D eigenvalue weighted by atomic mass is 10.2. The van der Waals surface area contributed by atoms with Gasteiger partial charge in [-0.15, -0.1) is 0 Å². The summed E-state index contributed by atoms with van der Waals surface area (Å²) < 4.78 is 0. The molecule has 0 bridgehead atoms. The molecule has 0 saturated carbocycles. The van der Waals surface area contributed by atoms with Crippen molar-refractivity contribution in [3.63, 3.8) is 0 Å². The van der Waals surface area contributed by atoms with Crippen molar-refractivity contribution in [3.8, 4) is 0 Å². The molecule has 1 aliphatic rings. The molecule has 70 valence electrons. The Hall–Kier alpha value is -1.16. The lowest BCUT2D eigenvalue weighted by molar-refractivity contribution is 0.899. The van der Waals surface area contributed by atoms with Crippen LogP contribution in [0.4, 0.5) is 5.82 Å². The first-order valence-electron chi connectivity index (χ1n) is 4.68. The summed E-state index contributed by atoms with van der Waals surface area (Å²) in [5.74, 6) is 0.980. The summed E-state index contributed by atoms with van der Waals surface area (Å²) in [5.41, 5.74) is 7.91. The summed E-state index contributed by atoms with van der Waals surface area (Å²) in [7, 11) is 0. The van der Waals surface area contributed by atoms with Gasteiger partial charge in [-0.2, -0.15) is 0 Å². The highest BCUT2D eigenvalue weighted by Crippen LogP contribution is 2.24. The first-order chi connectivity index (χ1) is 6.42. The minimum atomic E-state index is 0.638. The average molecular weight is 178 g/mol. The minimum Gasteiger partial charge on any atom is -0.368 e. The maximum atomic E-state index is 5.42. The normalized spacial score (nSPS) is 14.2. The number of nitrogens with one attached hydrogen (secondary N) is 1. The molecule has 13 heavy (non-hydrogen) atoms. The fraction of sp³-hybridized carbons (Fsp3) is 0.556. The van der Waals surface area contributed by atoms with E-state index >= 15 is 0 Å². The average Bonchev–Trinajstić information content (AvgIpc) is 2.62. The van der Waals surface area contributed by atoms with Crippen molar-refractivity contribution < 1.29 is 0 Å². The molecule has 0 radical (unpaired) electrons. The SMILES string of the molecule is NCCNc1ncnc2c1CCC2. The maximum absolute atomic E-state index is 5.42. The van der Waals surface area contributed by atoms with Gasteiger partial charge in [0.2, 0.25) is 0 Å². The molecule has 0 saturated heterocycles. The topological polar surface area (TPSA) is 63.8 Å². The smallest absolute Gasteiger partial charge is 0.132 e. The molecule has 0 spiro atoms. The van der Waals surface area contributed by atoms with Crippen LogP contribution >= 0.6 is 0 Å². The highest BCUT2D eigenvalue weighted by atomic mass is 15.0. The third-order valence-electron chi connectivity index (χ3n) is 2.31. The van der Waals surface area contributed by atoms with Crippen LogP contribution < -0.4 is 11.1 Å². The third kappa shape index (κ3) is 1.62. The molecule has 4 heteroatoms. The number of aryl methyl sites for hydroxylation is 1. The number of nitrogens with two attached hydrogens (primary N) is 1. The van der Waals surface area contributed by atoms with Gasteiger partial charge in [0.05, 0.1) is 0 Å². The second-order valence-corrected chi connectivity index (χ2v) is 3.22. The zero-order valence-corrected chi connectivity index (χ0v) is 7.58. The Morgan fingerprint density at radius 1 is 1.38 bits per heavy atom. The summed E-state index contributed by atoms with van der Waals surface area (Å²) in [6, 6.07) is 0. The standard InChI is InChI=1S/C9H14N4/c10-4-5-11-9-7-2-1-3-8(7)12-6-13-9/h6H,1-5,10H2,(H,11,12,13). The zero-order chi connectivity index (χ0) is 9.10. The summed E-state index contributed by atoms with van der Waals surface area (Å²) in [6.45, 7) is 1.42. The van der Waals surface area contributed by atoms with E-state index in [4.69, 9.17) is 5.73 Å². The van der Waals surface area contributed by atoms with Crippen LogP contribution in [0.5, 0.6) is 0 Å². The Morgan fingerprint density at radius 2 is 2.31 bits per heavy atom. The molecule has 3 N–H and O–H groups in total. The predicted molar refractivity (Wildman–Crippen MR) is 51.6 cm³/mol. The van der Waals surface area contributed by atoms with Crippen LogP contribution in [0.15, 0.2) is 6.33 Å². The first kappa shape index (κ1) is 8.44. The fourth-order valence-electron chi connectivity index (χ4n) is 1.70. The Balaban J connectivity index is 2.20. The largest absolute Gasteiger partial charge is 0.368 e. The van der Waals surface area contributed by atoms with E-state index in [1.807, 2.05) is 0 Å². The van der Waals surface area contributed by atoms with Gasteiger partial charge in [-0.1, -0.05) is 0 Å². The van der Waals surface area contributed by atoms with Crippen LogP contribution in [-0.4, -0.2) is 23.1 Å². The van der Waals surface area contributed by atoms with Crippen LogP contribution in [0.2, 0.25) is 0 Å². The van der Waals surface area contributed by atoms with Gasteiger partial charge in [-0.25, -0.2) is 9.97 Å². The van der Waals surface area contributed by atoms with Gasteiger partial charge in [0.25, 0.3) is 0 Å². The fourth-order valence-corrected chi connectivity index (χ4v) is 1.70. The second kappa shape index (κ2) is 3.70. The molecule has 0 amide bonds. The molecule has 0 aromatic carbocycles. The van der Waals surface area contributed by atoms with E-state index in [2.05, 4.69) is 15.3 Å². The van der Waals surface area contributed by atoms with Gasteiger partial charge in [0.15, 0.2) is 0 Å². The Labute approximate surface area is 77.6 Å². The molecule has 1 aromatic heterocycles. The molecule has 1 heterocycles. The van der Waals surface area contributed by atoms with Crippen molar-refractivity contribution in [2.75, 3.05) is 18.4 Å². The number of anilines is 1. The predicted octanol–water partition coefficient (Wildman–Crippen LogP) is 0.336. The number of aromatic nitrogens is 2. The molecule has 0 aliphatic heterocycles. The van der Waals surface area contributed by atoms with Gasteiger partial charge < -0.3 is 11.1 Å². The Kier molecular flexibility index (Phi) is 2.40. The van der Waals surface area contributed by atoms with Crippen LogP contribution in [0.25, 0.3) is 0 Å². The van der Waals surface area contributed by atoms with E-state index in [9.17, 15) is 0 Å². The minimum absolute atomic E-state index is 0.638. The number of hydrogen-bond acceptors (Lipinski definition) is 4. The zero-order valence-electron chi connectivity index (χ0n) is 7.58. The quantitative estimate of drug-likeness (QED) is 0.700. The van der Waals surface area contributed by atoms with Gasteiger partial charge in [0, 0.05) is 24.3 Å². The number of rotatable bonds is 3. The van der Waals surface area contributed by atoms with Crippen molar-refractivity contribution in [2.24, 2.45) is 5.73 Å². The summed E-state index contributed by atoms with van der Waals surface area (Å²) >= 11 is 0. The van der Waals surface area contributed by atoms with E-state index < -0.39 is 0 Å². The highest BCUT2D eigenvalue weighted by molar-refractivity contribution is 5.47. The van der Waals surface area contributed by atoms with Crippen molar-refractivity contribution in [1.29, 1.82) is 0 Å². The van der Waals surface area contributed by atoms with Gasteiger partial charge in [-0.05, 0) is 19.3 Å². The van der Waals surface area contributed by atoms with Gasteiger partial charge in [-0.3, -0.25) is 0 Å². The summed E-state index contributed by atoms with van der Waals surface area (Å²) in [5, 5.41) is 3.22. The molecule has 0 fully saturated rings. The molecule has 4 nitrogen and oxygen atoms in total. The van der Waals surface area contributed by atoms with Gasteiger partial charge >= 0.3 is 0 Å². The molecular formula is C9H14N4. The van der Waals surface area contributed by atoms with Crippen LogP contribution in [0, 0.1) is 0 Å². The number of nitrogens with zero attached hydrogens (tertiary/aromatic N) is 2. The molecule has 1 aliphatic carbocycles. The van der Waals surface area contributed by atoms with Crippen LogP contribution in [0.1, 0.15) is 17.7 Å². The molecular weight excluding hydrogens is 164 g/mol. The van der Waals surface area contributed by atoms with E-state index in [0.29, 0.717) is 6.54 Å². The summed E-state index contributed by atoms with van der Waals surface area (Å²) in [4.78, 5) is 8.46. The molecule has 0 atom stereocenters. The van der Waals surface area contributed by atoms with E-state index in [1.54, 1.807) is 6.33 Å². The van der Waals surface area contributed by atoms with Gasteiger partial charge in [0.1, 0.15) is 12.1 Å².